The second-order valence-corrected chi connectivity index (χ2v) is 7.56. The quantitative estimate of drug-likeness (QED) is 0.860. The van der Waals surface area contributed by atoms with Crippen molar-refractivity contribution in [1.82, 2.24) is 14.4 Å². The van der Waals surface area contributed by atoms with Crippen LogP contribution in [0, 0.1) is 5.82 Å². The topological polar surface area (TPSA) is 76.3 Å². The lowest BCUT2D eigenvalue weighted by Crippen LogP contribution is -2.48. The van der Waals surface area contributed by atoms with Crippen LogP contribution in [-0.2, 0) is 10.0 Å². The van der Waals surface area contributed by atoms with Crippen molar-refractivity contribution in [2.75, 3.05) is 13.1 Å². The largest absolute Gasteiger partial charge is 0.339 e. The highest BCUT2D eigenvalue weighted by Gasteiger charge is 2.40. The molecule has 2 heterocycles. The van der Waals surface area contributed by atoms with E-state index in [9.17, 15) is 12.8 Å². The number of halogens is 1. The zero-order chi connectivity index (χ0) is 15.9. The van der Waals surface area contributed by atoms with Gasteiger partial charge in [-0.25, -0.2) is 12.8 Å². The maximum absolute atomic E-state index is 12.9. The Balaban J connectivity index is 1.70. The van der Waals surface area contributed by atoms with Crippen molar-refractivity contribution >= 4 is 10.0 Å². The summed E-state index contributed by atoms with van der Waals surface area (Å²) in [6, 6.07) is 4.80. The lowest BCUT2D eigenvalue weighted by molar-refractivity contribution is 0.216. The van der Waals surface area contributed by atoms with E-state index in [1.165, 1.54) is 16.4 Å². The van der Waals surface area contributed by atoms with Gasteiger partial charge in [0.1, 0.15) is 5.82 Å². The Kier molecular flexibility index (Phi) is 3.73. The summed E-state index contributed by atoms with van der Waals surface area (Å²) in [6.45, 7) is 4.50. The molecule has 1 aliphatic rings. The van der Waals surface area contributed by atoms with Crippen LogP contribution < -0.4 is 0 Å². The summed E-state index contributed by atoms with van der Waals surface area (Å²) in [6.07, 6.45) is 0. The SMILES string of the molecule is CC(C)c1noc(C2CN(S(=O)(=O)c3ccc(F)cc3)C2)n1. The molecule has 0 amide bonds. The lowest BCUT2D eigenvalue weighted by Gasteiger charge is -2.35. The minimum atomic E-state index is -3.59. The van der Waals surface area contributed by atoms with Gasteiger partial charge < -0.3 is 4.52 Å². The average Bonchev–Trinajstić information content (AvgIpc) is 2.86. The molecule has 0 unspecified atom stereocenters. The number of benzene rings is 1. The molecule has 1 aromatic carbocycles. The normalized spacial score (nSPS) is 16.9. The van der Waals surface area contributed by atoms with Gasteiger partial charge in [-0.2, -0.15) is 9.29 Å². The first-order valence-electron chi connectivity index (χ1n) is 6.97. The molecule has 0 radical (unpaired) electrons. The van der Waals surface area contributed by atoms with Crippen molar-refractivity contribution in [1.29, 1.82) is 0 Å². The molecule has 1 aliphatic heterocycles. The number of aromatic nitrogens is 2. The van der Waals surface area contributed by atoms with Gasteiger partial charge in [-0.15, -0.1) is 0 Å². The smallest absolute Gasteiger partial charge is 0.243 e. The van der Waals surface area contributed by atoms with Gasteiger partial charge in [0.2, 0.25) is 15.9 Å². The highest BCUT2D eigenvalue weighted by atomic mass is 32.2. The predicted octanol–water partition coefficient (Wildman–Crippen LogP) is 2.12. The molecule has 22 heavy (non-hydrogen) atoms. The summed E-state index contributed by atoms with van der Waals surface area (Å²) < 4.78 is 44.1. The molecule has 0 spiro atoms. The van der Waals surface area contributed by atoms with Crippen molar-refractivity contribution in [3.8, 4) is 0 Å². The lowest BCUT2D eigenvalue weighted by atomic mass is 10.0. The Bertz CT molecular complexity index is 765. The Morgan fingerprint density at radius 2 is 1.91 bits per heavy atom. The molecule has 1 aromatic heterocycles. The van der Waals surface area contributed by atoms with Crippen LogP contribution in [0.1, 0.15) is 37.4 Å². The maximum Gasteiger partial charge on any atom is 0.243 e. The predicted molar refractivity (Wildman–Crippen MR) is 76.3 cm³/mol. The van der Waals surface area contributed by atoms with Crippen LogP contribution in [0.15, 0.2) is 33.7 Å². The third-order valence-corrected chi connectivity index (χ3v) is 5.47. The third-order valence-electron chi connectivity index (χ3n) is 3.62. The molecule has 0 aliphatic carbocycles. The van der Waals surface area contributed by atoms with E-state index in [0.717, 1.165) is 12.1 Å². The van der Waals surface area contributed by atoms with Crippen molar-refractivity contribution in [2.45, 2.75) is 30.6 Å². The Labute approximate surface area is 128 Å². The summed E-state index contributed by atoms with van der Waals surface area (Å²) >= 11 is 0. The van der Waals surface area contributed by atoms with Crippen molar-refractivity contribution in [3.63, 3.8) is 0 Å². The molecule has 1 fully saturated rings. The second kappa shape index (κ2) is 5.44. The fourth-order valence-corrected chi connectivity index (χ4v) is 3.72. The second-order valence-electron chi connectivity index (χ2n) is 5.62. The van der Waals surface area contributed by atoms with Gasteiger partial charge in [0, 0.05) is 19.0 Å². The molecule has 118 valence electrons. The molecule has 1 saturated heterocycles. The highest BCUT2D eigenvalue weighted by molar-refractivity contribution is 7.89. The van der Waals surface area contributed by atoms with E-state index in [4.69, 9.17) is 4.52 Å². The van der Waals surface area contributed by atoms with Crippen LogP contribution in [0.3, 0.4) is 0 Å². The van der Waals surface area contributed by atoms with Crippen molar-refractivity contribution in [3.05, 3.63) is 41.8 Å². The highest BCUT2D eigenvalue weighted by Crippen LogP contribution is 2.31. The zero-order valence-electron chi connectivity index (χ0n) is 12.2. The number of hydrogen-bond acceptors (Lipinski definition) is 5. The van der Waals surface area contributed by atoms with E-state index in [1.54, 1.807) is 0 Å². The molecule has 3 rings (SSSR count). The molecule has 0 saturated carbocycles. The standard InChI is InChI=1S/C14H16FN3O3S/c1-9(2)13-16-14(21-17-13)10-7-18(8-10)22(19,20)12-5-3-11(15)4-6-12/h3-6,9-10H,7-8H2,1-2H3. The van der Waals surface area contributed by atoms with Crippen LogP contribution >= 0.6 is 0 Å². The van der Waals surface area contributed by atoms with Crippen LogP contribution in [-0.4, -0.2) is 36.0 Å². The number of rotatable bonds is 4. The van der Waals surface area contributed by atoms with E-state index in [0.29, 0.717) is 24.8 Å². The van der Waals surface area contributed by atoms with Crippen LogP contribution in [0.2, 0.25) is 0 Å². The number of nitrogens with zero attached hydrogens (tertiary/aromatic N) is 3. The van der Waals surface area contributed by atoms with Gasteiger partial charge in [0.25, 0.3) is 0 Å². The van der Waals surface area contributed by atoms with Gasteiger partial charge in [0.05, 0.1) is 10.8 Å². The molecule has 0 bridgehead atoms. The fraction of sp³-hybridized carbons (Fsp3) is 0.429. The fourth-order valence-electron chi connectivity index (χ4n) is 2.19. The summed E-state index contributed by atoms with van der Waals surface area (Å²) in [5, 5.41) is 3.88. The Morgan fingerprint density at radius 3 is 2.45 bits per heavy atom. The van der Waals surface area contributed by atoms with Gasteiger partial charge in [0.15, 0.2) is 5.82 Å². The van der Waals surface area contributed by atoms with Gasteiger partial charge >= 0.3 is 0 Å². The summed E-state index contributed by atoms with van der Waals surface area (Å²) in [5.41, 5.74) is 0. The summed E-state index contributed by atoms with van der Waals surface area (Å²) in [7, 11) is -3.59. The number of hydrogen-bond donors (Lipinski definition) is 0. The molecule has 6 nitrogen and oxygen atoms in total. The van der Waals surface area contributed by atoms with E-state index >= 15 is 0 Å². The van der Waals surface area contributed by atoms with Crippen molar-refractivity contribution in [2.24, 2.45) is 0 Å². The third kappa shape index (κ3) is 2.64. The van der Waals surface area contributed by atoms with E-state index in [1.807, 2.05) is 13.8 Å². The van der Waals surface area contributed by atoms with Gasteiger partial charge in [-0.3, -0.25) is 0 Å². The van der Waals surface area contributed by atoms with Gasteiger partial charge in [-0.05, 0) is 24.3 Å². The average molecular weight is 325 g/mol. The van der Waals surface area contributed by atoms with E-state index in [2.05, 4.69) is 10.1 Å². The first-order valence-corrected chi connectivity index (χ1v) is 8.41. The Hall–Kier alpha value is -1.80. The molecule has 2 aromatic rings. The Morgan fingerprint density at radius 1 is 1.27 bits per heavy atom. The molecular weight excluding hydrogens is 309 g/mol. The first kappa shape index (κ1) is 15.1. The van der Waals surface area contributed by atoms with Gasteiger partial charge in [-0.1, -0.05) is 19.0 Å². The van der Waals surface area contributed by atoms with Crippen molar-refractivity contribution < 1.29 is 17.3 Å². The molecule has 0 atom stereocenters. The van der Waals surface area contributed by atoms with Crippen LogP contribution in [0.4, 0.5) is 4.39 Å². The zero-order valence-corrected chi connectivity index (χ0v) is 13.0. The minimum Gasteiger partial charge on any atom is -0.339 e. The van der Waals surface area contributed by atoms with Crippen LogP contribution in [0.25, 0.3) is 0 Å². The van der Waals surface area contributed by atoms with E-state index in [-0.39, 0.29) is 16.7 Å². The van der Waals surface area contributed by atoms with E-state index < -0.39 is 15.8 Å². The van der Waals surface area contributed by atoms with Crippen LogP contribution in [0.5, 0.6) is 0 Å². The molecular formula is C14H16FN3O3S. The first-order chi connectivity index (χ1) is 10.4. The summed E-state index contributed by atoms with van der Waals surface area (Å²) in [5.74, 6) is 0.698. The molecule has 0 N–H and O–H groups in total. The number of sulfonamides is 1. The summed E-state index contributed by atoms with van der Waals surface area (Å²) in [4.78, 5) is 4.37. The monoisotopic (exact) mass is 325 g/mol. The maximum atomic E-state index is 12.9. The molecule has 8 heteroatoms. The minimum absolute atomic E-state index is 0.0840.